The van der Waals surface area contributed by atoms with Crippen LogP contribution in [0.25, 0.3) is 10.8 Å². The topological polar surface area (TPSA) is 96.0 Å². The Kier molecular flexibility index (Phi) is 6.90. The van der Waals surface area contributed by atoms with Crippen molar-refractivity contribution in [2.45, 2.75) is 11.5 Å². The number of carbonyl (C=O) groups is 2. The molecule has 1 heterocycles. The zero-order valence-corrected chi connectivity index (χ0v) is 18.8. The number of hydrogen-bond donors (Lipinski definition) is 1. The summed E-state index contributed by atoms with van der Waals surface area (Å²) < 4.78 is 32.6. The Hall–Kier alpha value is -3.43. The second-order valence-corrected chi connectivity index (χ2v) is 9.65. The van der Waals surface area contributed by atoms with Gasteiger partial charge in [-0.25, -0.2) is 13.2 Å². The number of sulfonamides is 1. The van der Waals surface area contributed by atoms with Gasteiger partial charge in [-0.15, -0.1) is 0 Å². The Labute approximate surface area is 192 Å². The van der Waals surface area contributed by atoms with Crippen LogP contribution in [0.1, 0.15) is 5.56 Å². The molecule has 1 aliphatic heterocycles. The lowest BCUT2D eigenvalue weighted by molar-refractivity contribution is -0.131. The summed E-state index contributed by atoms with van der Waals surface area (Å²) in [6.07, 6.45) is -0.676. The fourth-order valence-corrected chi connectivity index (χ4v) is 5.15. The van der Waals surface area contributed by atoms with Crippen molar-refractivity contribution in [2.75, 3.05) is 32.7 Å². The van der Waals surface area contributed by atoms with E-state index in [0.29, 0.717) is 0 Å². The van der Waals surface area contributed by atoms with Crippen LogP contribution in [-0.4, -0.2) is 62.3 Å². The minimum Gasteiger partial charge on any atom is -0.445 e. The van der Waals surface area contributed by atoms with Gasteiger partial charge in [-0.05, 0) is 28.5 Å². The molecule has 1 aliphatic rings. The van der Waals surface area contributed by atoms with Crippen LogP contribution in [0.3, 0.4) is 0 Å². The van der Waals surface area contributed by atoms with Crippen LogP contribution in [-0.2, 0) is 26.2 Å². The molecule has 1 fully saturated rings. The number of carbonyl (C=O) groups excluding carboxylic acids is 2. The first-order valence-corrected chi connectivity index (χ1v) is 12.1. The molecule has 4 rings (SSSR count). The summed E-state index contributed by atoms with van der Waals surface area (Å²) in [6, 6.07) is 21.9. The Bertz CT molecular complexity index is 1240. The first-order valence-electron chi connectivity index (χ1n) is 10.6. The van der Waals surface area contributed by atoms with Crippen LogP contribution in [0.4, 0.5) is 4.79 Å². The summed E-state index contributed by atoms with van der Waals surface area (Å²) in [7, 11) is -3.66. The number of piperazine rings is 1. The van der Waals surface area contributed by atoms with E-state index in [9.17, 15) is 18.0 Å². The standard InChI is InChI=1S/C24H25N3O5S/c28-23(17-25-24(29)32-18-19-6-2-1-3-7-19)26-12-14-27(15-13-26)33(30,31)22-11-10-20-8-4-5-9-21(20)16-22/h1-11,16H,12-15,17-18H2,(H,25,29). The average Bonchev–Trinajstić information content (AvgIpc) is 2.86. The van der Waals surface area contributed by atoms with Crippen LogP contribution in [0.15, 0.2) is 77.7 Å². The molecule has 2 amide bonds. The smallest absolute Gasteiger partial charge is 0.407 e. The zero-order valence-electron chi connectivity index (χ0n) is 18.0. The van der Waals surface area contributed by atoms with Crippen molar-refractivity contribution < 1.29 is 22.7 Å². The van der Waals surface area contributed by atoms with Crippen molar-refractivity contribution >= 4 is 32.8 Å². The molecule has 0 atom stereocenters. The molecule has 0 unspecified atom stereocenters. The molecule has 1 N–H and O–H groups in total. The van der Waals surface area contributed by atoms with E-state index in [-0.39, 0.29) is 50.1 Å². The normalized spacial score (nSPS) is 14.7. The van der Waals surface area contributed by atoms with E-state index in [1.165, 1.54) is 4.31 Å². The summed E-state index contributed by atoms with van der Waals surface area (Å²) in [6.45, 7) is 0.814. The quantitative estimate of drug-likeness (QED) is 0.601. The number of ether oxygens (including phenoxy) is 1. The average molecular weight is 468 g/mol. The van der Waals surface area contributed by atoms with Gasteiger partial charge in [0.05, 0.1) is 4.90 Å². The zero-order chi connectivity index (χ0) is 23.3. The SMILES string of the molecule is O=C(NCC(=O)N1CCN(S(=O)(=O)c2ccc3ccccc3c2)CC1)OCc1ccccc1. The monoisotopic (exact) mass is 467 g/mol. The lowest BCUT2D eigenvalue weighted by atomic mass is 10.1. The molecule has 0 radical (unpaired) electrons. The summed E-state index contributed by atoms with van der Waals surface area (Å²) in [5.41, 5.74) is 0.850. The number of benzene rings is 3. The van der Waals surface area contributed by atoms with Crippen molar-refractivity contribution in [1.82, 2.24) is 14.5 Å². The van der Waals surface area contributed by atoms with Gasteiger partial charge >= 0.3 is 6.09 Å². The molecule has 9 heteroatoms. The lowest BCUT2D eigenvalue weighted by Crippen LogP contribution is -2.52. The Morgan fingerprint density at radius 3 is 2.24 bits per heavy atom. The molecule has 172 valence electrons. The maximum Gasteiger partial charge on any atom is 0.407 e. The second-order valence-electron chi connectivity index (χ2n) is 7.71. The summed E-state index contributed by atoms with van der Waals surface area (Å²) in [5.74, 6) is -0.283. The third-order valence-corrected chi connectivity index (χ3v) is 7.44. The Morgan fingerprint density at radius 1 is 0.848 bits per heavy atom. The lowest BCUT2D eigenvalue weighted by Gasteiger charge is -2.34. The first-order chi connectivity index (χ1) is 15.9. The highest BCUT2D eigenvalue weighted by Gasteiger charge is 2.30. The van der Waals surface area contributed by atoms with Gasteiger partial charge in [-0.2, -0.15) is 4.31 Å². The Balaban J connectivity index is 1.27. The molecular formula is C24H25N3O5S. The van der Waals surface area contributed by atoms with Gasteiger partial charge in [-0.3, -0.25) is 4.79 Å². The number of hydrogen-bond acceptors (Lipinski definition) is 5. The molecule has 0 aromatic heterocycles. The van der Waals surface area contributed by atoms with Crippen molar-refractivity contribution in [3.8, 4) is 0 Å². The summed E-state index contributed by atoms with van der Waals surface area (Å²) in [4.78, 5) is 26.1. The Morgan fingerprint density at radius 2 is 1.52 bits per heavy atom. The summed E-state index contributed by atoms with van der Waals surface area (Å²) in [5, 5.41) is 4.28. The van der Waals surface area contributed by atoms with Gasteiger partial charge in [0.1, 0.15) is 13.2 Å². The van der Waals surface area contributed by atoms with E-state index < -0.39 is 16.1 Å². The number of rotatable bonds is 6. The highest BCUT2D eigenvalue weighted by molar-refractivity contribution is 7.89. The fraction of sp³-hybridized carbons (Fsp3) is 0.250. The molecule has 0 spiro atoms. The number of alkyl carbamates (subject to hydrolysis) is 1. The van der Waals surface area contributed by atoms with Gasteiger partial charge < -0.3 is 15.0 Å². The van der Waals surface area contributed by atoms with E-state index in [2.05, 4.69) is 5.32 Å². The van der Waals surface area contributed by atoms with Crippen LogP contribution < -0.4 is 5.32 Å². The van der Waals surface area contributed by atoms with Crippen LogP contribution in [0.2, 0.25) is 0 Å². The van der Waals surface area contributed by atoms with Crippen molar-refractivity contribution in [3.05, 3.63) is 78.4 Å². The van der Waals surface area contributed by atoms with Crippen molar-refractivity contribution in [1.29, 1.82) is 0 Å². The number of fused-ring (bicyclic) bond motifs is 1. The predicted octanol–water partition coefficient (Wildman–Crippen LogP) is 2.60. The molecule has 33 heavy (non-hydrogen) atoms. The first kappa shape index (κ1) is 22.8. The molecule has 0 bridgehead atoms. The highest BCUT2D eigenvalue weighted by Crippen LogP contribution is 2.22. The van der Waals surface area contributed by atoms with E-state index in [0.717, 1.165) is 16.3 Å². The van der Waals surface area contributed by atoms with Gasteiger partial charge in [0, 0.05) is 26.2 Å². The predicted molar refractivity (Wildman–Crippen MR) is 124 cm³/mol. The summed E-state index contributed by atoms with van der Waals surface area (Å²) >= 11 is 0. The molecule has 0 aliphatic carbocycles. The molecule has 3 aromatic rings. The van der Waals surface area contributed by atoms with E-state index in [1.54, 1.807) is 23.1 Å². The van der Waals surface area contributed by atoms with Crippen molar-refractivity contribution in [2.24, 2.45) is 0 Å². The molecule has 8 nitrogen and oxygen atoms in total. The third-order valence-electron chi connectivity index (χ3n) is 5.55. The van der Waals surface area contributed by atoms with Crippen LogP contribution >= 0.6 is 0 Å². The largest absolute Gasteiger partial charge is 0.445 e. The van der Waals surface area contributed by atoms with Gasteiger partial charge in [-0.1, -0.05) is 60.7 Å². The maximum atomic E-state index is 13.1. The fourth-order valence-electron chi connectivity index (χ4n) is 3.69. The number of nitrogens with zero attached hydrogens (tertiary/aromatic N) is 2. The van der Waals surface area contributed by atoms with Crippen molar-refractivity contribution in [3.63, 3.8) is 0 Å². The highest BCUT2D eigenvalue weighted by atomic mass is 32.2. The number of nitrogens with one attached hydrogen (secondary N) is 1. The van der Waals surface area contributed by atoms with Gasteiger partial charge in [0.15, 0.2) is 0 Å². The second kappa shape index (κ2) is 10.0. The van der Waals surface area contributed by atoms with Crippen LogP contribution in [0, 0.1) is 0 Å². The van der Waals surface area contributed by atoms with Gasteiger partial charge in [0.25, 0.3) is 0 Å². The minimum absolute atomic E-state index is 0.117. The minimum atomic E-state index is -3.66. The van der Waals surface area contributed by atoms with Crippen LogP contribution in [0.5, 0.6) is 0 Å². The molecule has 1 saturated heterocycles. The molecule has 0 saturated carbocycles. The van der Waals surface area contributed by atoms with E-state index >= 15 is 0 Å². The molecular weight excluding hydrogens is 442 g/mol. The molecule has 3 aromatic carbocycles. The van der Waals surface area contributed by atoms with E-state index in [4.69, 9.17) is 4.74 Å². The number of amides is 2. The van der Waals surface area contributed by atoms with Gasteiger partial charge in [0.2, 0.25) is 15.9 Å². The maximum absolute atomic E-state index is 13.1. The third kappa shape index (κ3) is 5.50. The van der Waals surface area contributed by atoms with E-state index in [1.807, 2.05) is 54.6 Å².